The fourth-order valence-corrected chi connectivity index (χ4v) is 2.00. The molecule has 6 heteroatoms. The van der Waals surface area contributed by atoms with Crippen LogP contribution in [0.15, 0.2) is 6.07 Å². The van der Waals surface area contributed by atoms with E-state index in [9.17, 15) is 13.2 Å². The first-order valence-corrected chi connectivity index (χ1v) is 5.88. The van der Waals surface area contributed by atoms with Crippen molar-refractivity contribution in [1.82, 2.24) is 9.88 Å². The SMILES string of the molecule is CCn1c(C)cc(CNCC(O)C(F)(F)F)c1C. The van der Waals surface area contributed by atoms with Crippen molar-refractivity contribution in [2.75, 3.05) is 6.54 Å². The summed E-state index contributed by atoms with van der Waals surface area (Å²) >= 11 is 0. The third kappa shape index (κ3) is 3.49. The van der Waals surface area contributed by atoms with E-state index >= 15 is 0 Å². The molecule has 0 aromatic carbocycles. The summed E-state index contributed by atoms with van der Waals surface area (Å²) < 4.78 is 38.3. The third-order valence-corrected chi connectivity index (χ3v) is 3.03. The Bertz CT molecular complexity index is 399. The molecular weight excluding hydrogens is 245 g/mol. The number of rotatable bonds is 5. The number of aliphatic hydroxyl groups is 1. The second-order valence-corrected chi connectivity index (χ2v) is 4.33. The third-order valence-electron chi connectivity index (χ3n) is 3.03. The molecule has 0 spiro atoms. The Balaban J connectivity index is 2.55. The summed E-state index contributed by atoms with van der Waals surface area (Å²) in [5, 5.41) is 11.5. The average Bonchev–Trinajstić information content (AvgIpc) is 2.52. The molecule has 0 fully saturated rings. The molecule has 0 aliphatic carbocycles. The molecule has 1 heterocycles. The van der Waals surface area contributed by atoms with Gasteiger partial charge in [0, 0.05) is 31.0 Å². The van der Waals surface area contributed by atoms with Gasteiger partial charge in [0.2, 0.25) is 0 Å². The highest BCUT2D eigenvalue weighted by molar-refractivity contribution is 5.26. The molecule has 0 aliphatic heterocycles. The van der Waals surface area contributed by atoms with Crippen molar-refractivity contribution < 1.29 is 18.3 Å². The van der Waals surface area contributed by atoms with Gasteiger partial charge in [-0.25, -0.2) is 0 Å². The Kier molecular flexibility index (Phi) is 4.81. The number of aliphatic hydroxyl groups excluding tert-OH is 1. The van der Waals surface area contributed by atoms with E-state index in [0.29, 0.717) is 6.54 Å². The summed E-state index contributed by atoms with van der Waals surface area (Å²) in [6.45, 7) is 6.60. The fraction of sp³-hybridized carbons (Fsp3) is 0.667. The van der Waals surface area contributed by atoms with Crippen LogP contribution in [-0.4, -0.2) is 28.5 Å². The van der Waals surface area contributed by atoms with E-state index in [2.05, 4.69) is 9.88 Å². The molecular formula is C12H19F3N2O. The second-order valence-electron chi connectivity index (χ2n) is 4.33. The van der Waals surface area contributed by atoms with E-state index < -0.39 is 18.8 Å². The minimum Gasteiger partial charge on any atom is -0.382 e. The first kappa shape index (κ1) is 15.0. The molecule has 0 radical (unpaired) electrons. The quantitative estimate of drug-likeness (QED) is 0.855. The molecule has 1 unspecified atom stereocenters. The van der Waals surface area contributed by atoms with Gasteiger partial charge in [0.15, 0.2) is 6.10 Å². The van der Waals surface area contributed by atoms with Gasteiger partial charge in [-0.2, -0.15) is 13.2 Å². The Hall–Kier alpha value is -1.01. The first-order chi connectivity index (χ1) is 8.27. The van der Waals surface area contributed by atoms with Gasteiger partial charge in [0.05, 0.1) is 0 Å². The smallest absolute Gasteiger partial charge is 0.382 e. The van der Waals surface area contributed by atoms with E-state index in [1.807, 2.05) is 26.8 Å². The number of nitrogens with zero attached hydrogens (tertiary/aromatic N) is 1. The molecule has 0 saturated carbocycles. The zero-order valence-corrected chi connectivity index (χ0v) is 10.8. The van der Waals surface area contributed by atoms with Gasteiger partial charge in [-0.3, -0.25) is 0 Å². The number of nitrogens with one attached hydrogen (secondary N) is 1. The van der Waals surface area contributed by atoms with Crippen molar-refractivity contribution in [1.29, 1.82) is 0 Å². The van der Waals surface area contributed by atoms with Crippen LogP contribution in [0.5, 0.6) is 0 Å². The number of alkyl halides is 3. The standard InChI is InChI=1S/C12H19F3N2O/c1-4-17-8(2)5-10(9(17)3)6-16-7-11(18)12(13,14)15/h5,11,16,18H,4,6-7H2,1-3H3. The van der Waals surface area contributed by atoms with Crippen LogP contribution >= 0.6 is 0 Å². The zero-order chi connectivity index (χ0) is 13.9. The van der Waals surface area contributed by atoms with E-state index in [4.69, 9.17) is 5.11 Å². The van der Waals surface area contributed by atoms with Crippen LogP contribution in [0.25, 0.3) is 0 Å². The molecule has 1 atom stereocenters. The number of aromatic nitrogens is 1. The van der Waals surface area contributed by atoms with Crippen LogP contribution in [0.2, 0.25) is 0 Å². The van der Waals surface area contributed by atoms with Crippen molar-refractivity contribution in [3.8, 4) is 0 Å². The number of aryl methyl sites for hydroxylation is 1. The molecule has 0 bridgehead atoms. The molecule has 18 heavy (non-hydrogen) atoms. The Morgan fingerprint density at radius 2 is 2.00 bits per heavy atom. The van der Waals surface area contributed by atoms with E-state index in [-0.39, 0.29) is 0 Å². The molecule has 0 amide bonds. The van der Waals surface area contributed by atoms with Gasteiger partial charge in [-0.05, 0) is 32.4 Å². The summed E-state index contributed by atoms with van der Waals surface area (Å²) in [5.74, 6) is 0. The topological polar surface area (TPSA) is 37.2 Å². The van der Waals surface area contributed by atoms with Crippen molar-refractivity contribution in [3.63, 3.8) is 0 Å². The molecule has 104 valence electrons. The predicted octanol–water partition coefficient (Wildman–Crippen LogP) is 2.14. The second kappa shape index (κ2) is 5.75. The molecule has 1 aromatic heterocycles. The fourth-order valence-electron chi connectivity index (χ4n) is 2.00. The summed E-state index contributed by atoms with van der Waals surface area (Å²) in [7, 11) is 0. The lowest BCUT2D eigenvalue weighted by atomic mass is 10.2. The highest BCUT2D eigenvalue weighted by Gasteiger charge is 2.37. The van der Waals surface area contributed by atoms with Gasteiger partial charge >= 0.3 is 6.18 Å². The van der Waals surface area contributed by atoms with Crippen LogP contribution in [0.3, 0.4) is 0 Å². The predicted molar refractivity (Wildman–Crippen MR) is 63.3 cm³/mol. The summed E-state index contributed by atoms with van der Waals surface area (Å²) in [5.41, 5.74) is 3.09. The number of halogens is 3. The van der Waals surface area contributed by atoms with Crippen molar-refractivity contribution >= 4 is 0 Å². The van der Waals surface area contributed by atoms with Gasteiger partial charge in [0.1, 0.15) is 0 Å². The van der Waals surface area contributed by atoms with Crippen LogP contribution in [0.4, 0.5) is 13.2 Å². The van der Waals surface area contributed by atoms with E-state index in [1.54, 1.807) is 0 Å². The minimum atomic E-state index is -4.56. The number of hydrogen-bond donors (Lipinski definition) is 2. The van der Waals surface area contributed by atoms with E-state index in [0.717, 1.165) is 23.5 Å². The van der Waals surface area contributed by atoms with Crippen LogP contribution < -0.4 is 5.32 Å². The van der Waals surface area contributed by atoms with Crippen LogP contribution in [-0.2, 0) is 13.1 Å². The monoisotopic (exact) mass is 264 g/mol. The lowest BCUT2D eigenvalue weighted by Crippen LogP contribution is -2.38. The van der Waals surface area contributed by atoms with Crippen LogP contribution in [0, 0.1) is 13.8 Å². The minimum absolute atomic E-state index is 0.326. The zero-order valence-electron chi connectivity index (χ0n) is 10.8. The number of hydrogen-bond acceptors (Lipinski definition) is 2. The van der Waals surface area contributed by atoms with Gasteiger partial charge in [-0.15, -0.1) is 0 Å². The summed E-state index contributed by atoms with van der Waals surface area (Å²) in [4.78, 5) is 0. The molecule has 1 aromatic rings. The molecule has 0 aliphatic rings. The van der Waals surface area contributed by atoms with Gasteiger partial charge in [0.25, 0.3) is 0 Å². The first-order valence-electron chi connectivity index (χ1n) is 5.88. The highest BCUT2D eigenvalue weighted by Crippen LogP contribution is 2.19. The Labute approximate surface area is 105 Å². The summed E-state index contributed by atoms with van der Waals surface area (Å²) in [6.07, 6.45) is -6.88. The maximum absolute atomic E-state index is 12.1. The molecule has 2 N–H and O–H groups in total. The van der Waals surface area contributed by atoms with Crippen molar-refractivity contribution in [2.45, 2.75) is 46.1 Å². The van der Waals surface area contributed by atoms with Crippen molar-refractivity contribution in [3.05, 3.63) is 23.0 Å². The maximum atomic E-state index is 12.1. The Morgan fingerprint density at radius 3 is 2.44 bits per heavy atom. The normalized spacial score (nSPS) is 13.9. The molecule has 1 rings (SSSR count). The van der Waals surface area contributed by atoms with E-state index in [1.165, 1.54) is 0 Å². The molecule has 3 nitrogen and oxygen atoms in total. The van der Waals surface area contributed by atoms with Crippen LogP contribution in [0.1, 0.15) is 23.9 Å². The van der Waals surface area contributed by atoms with Crippen molar-refractivity contribution in [2.24, 2.45) is 0 Å². The Morgan fingerprint density at radius 1 is 1.39 bits per heavy atom. The van der Waals surface area contributed by atoms with Gasteiger partial charge < -0.3 is 15.0 Å². The molecule has 0 saturated heterocycles. The average molecular weight is 264 g/mol. The largest absolute Gasteiger partial charge is 0.415 e. The van der Waals surface area contributed by atoms with Gasteiger partial charge in [-0.1, -0.05) is 0 Å². The highest BCUT2D eigenvalue weighted by atomic mass is 19.4. The summed E-state index contributed by atoms with van der Waals surface area (Å²) in [6, 6.07) is 1.95. The maximum Gasteiger partial charge on any atom is 0.415 e. The lowest BCUT2D eigenvalue weighted by Gasteiger charge is -2.15. The lowest BCUT2D eigenvalue weighted by molar-refractivity contribution is -0.201.